The number of nitrogens with one attached hydrogen (secondary N) is 1. The summed E-state index contributed by atoms with van der Waals surface area (Å²) >= 11 is 0. The molecule has 0 fully saturated rings. The van der Waals surface area contributed by atoms with E-state index < -0.39 is 0 Å². The van der Waals surface area contributed by atoms with Gasteiger partial charge >= 0.3 is 0 Å². The normalized spacial score (nSPS) is 11.4. The van der Waals surface area contributed by atoms with Crippen molar-refractivity contribution in [2.24, 2.45) is 5.41 Å². The third-order valence-corrected chi connectivity index (χ3v) is 3.94. The molecule has 0 saturated heterocycles. The molecule has 0 heterocycles. The zero-order chi connectivity index (χ0) is 14.3. The van der Waals surface area contributed by atoms with E-state index in [2.05, 4.69) is 5.32 Å². The minimum Gasteiger partial charge on any atom is -0.396 e. The highest BCUT2D eigenvalue weighted by molar-refractivity contribution is 5.78. The molecule has 0 radical (unpaired) electrons. The first kappa shape index (κ1) is 15.7. The lowest BCUT2D eigenvalue weighted by molar-refractivity contribution is -0.121. The number of amides is 1. The van der Waals surface area contributed by atoms with Crippen LogP contribution in [0.15, 0.2) is 24.3 Å². The van der Waals surface area contributed by atoms with Crippen molar-refractivity contribution in [1.29, 1.82) is 0 Å². The summed E-state index contributed by atoms with van der Waals surface area (Å²) in [6.45, 7) is 6.77. The van der Waals surface area contributed by atoms with Gasteiger partial charge in [0.2, 0.25) is 5.91 Å². The number of rotatable bonds is 7. The molecule has 19 heavy (non-hydrogen) atoms. The van der Waals surface area contributed by atoms with Gasteiger partial charge in [-0.1, -0.05) is 43.7 Å². The number of hydrogen-bond acceptors (Lipinski definition) is 2. The van der Waals surface area contributed by atoms with Crippen LogP contribution in [0.4, 0.5) is 0 Å². The fraction of sp³-hybridized carbons (Fsp3) is 0.562. The maximum atomic E-state index is 11.9. The van der Waals surface area contributed by atoms with Crippen LogP contribution in [-0.2, 0) is 11.2 Å². The number of carbonyl (C=O) groups is 1. The van der Waals surface area contributed by atoms with Crippen molar-refractivity contribution in [3.8, 4) is 0 Å². The molecule has 1 amide bonds. The summed E-state index contributed by atoms with van der Waals surface area (Å²) in [5.41, 5.74) is 2.01. The molecule has 1 rings (SSSR count). The average molecular weight is 263 g/mol. The SMILES string of the molecule is CCC(CC)(CO)CNC(=O)Cc1cccc(C)c1. The highest BCUT2D eigenvalue weighted by Gasteiger charge is 2.25. The number of hydrogen-bond donors (Lipinski definition) is 2. The van der Waals surface area contributed by atoms with Crippen LogP contribution in [0.5, 0.6) is 0 Å². The number of aryl methyl sites for hydroxylation is 1. The van der Waals surface area contributed by atoms with Crippen LogP contribution in [0.2, 0.25) is 0 Å². The molecule has 0 aliphatic carbocycles. The van der Waals surface area contributed by atoms with Crippen molar-refractivity contribution in [3.05, 3.63) is 35.4 Å². The fourth-order valence-electron chi connectivity index (χ4n) is 2.14. The summed E-state index contributed by atoms with van der Waals surface area (Å²) in [5, 5.41) is 12.4. The van der Waals surface area contributed by atoms with Gasteiger partial charge in [-0.15, -0.1) is 0 Å². The van der Waals surface area contributed by atoms with Crippen molar-refractivity contribution < 1.29 is 9.90 Å². The minimum absolute atomic E-state index is 0.0188. The highest BCUT2D eigenvalue weighted by atomic mass is 16.3. The molecular formula is C16H25NO2. The standard InChI is InChI=1S/C16H25NO2/c1-4-16(5-2,12-18)11-17-15(19)10-14-8-6-7-13(3)9-14/h6-9,18H,4-5,10-12H2,1-3H3,(H,17,19). The number of aliphatic hydroxyl groups is 1. The van der Waals surface area contributed by atoms with Crippen LogP contribution in [0.25, 0.3) is 0 Å². The monoisotopic (exact) mass is 263 g/mol. The quantitative estimate of drug-likeness (QED) is 0.794. The second-order valence-electron chi connectivity index (χ2n) is 5.31. The predicted molar refractivity (Wildman–Crippen MR) is 78.0 cm³/mol. The summed E-state index contributed by atoms with van der Waals surface area (Å²) in [6, 6.07) is 7.98. The second-order valence-corrected chi connectivity index (χ2v) is 5.31. The number of carbonyl (C=O) groups excluding carboxylic acids is 1. The molecule has 0 aliphatic rings. The van der Waals surface area contributed by atoms with E-state index in [1.54, 1.807) is 0 Å². The summed E-state index contributed by atoms with van der Waals surface area (Å²) < 4.78 is 0. The molecule has 0 aliphatic heterocycles. The topological polar surface area (TPSA) is 49.3 Å². The molecule has 1 aromatic rings. The first-order valence-corrected chi connectivity index (χ1v) is 6.98. The Morgan fingerprint density at radius 1 is 1.32 bits per heavy atom. The molecule has 3 nitrogen and oxygen atoms in total. The third-order valence-electron chi connectivity index (χ3n) is 3.94. The van der Waals surface area contributed by atoms with Crippen LogP contribution in [-0.4, -0.2) is 24.2 Å². The first-order chi connectivity index (χ1) is 9.05. The molecule has 0 bridgehead atoms. The van der Waals surface area contributed by atoms with Crippen LogP contribution < -0.4 is 5.32 Å². The number of benzene rings is 1. The van der Waals surface area contributed by atoms with Crippen LogP contribution in [0.1, 0.15) is 37.8 Å². The lowest BCUT2D eigenvalue weighted by Crippen LogP contribution is -2.39. The predicted octanol–water partition coefficient (Wildman–Crippen LogP) is 2.45. The van der Waals surface area contributed by atoms with Gasteiger partial charge in [0.25, 0.3) is 0 Å². The Balaban J connectivity index is 2.52. The summed E-state index contributed by atoms with van der Waals surface area (Å²) in [7, 11) is 0. The van der Waals surface area contributed by atoms with Gasteiger partial charge in [0.1, 0.15) is 0 Å². The van der Waals surface area contributed by atoms with Crippen LogP contribution in [0, 0.1) is 12.3 Å². The Hall–Kier alpha value is -1.35. The summed E-state index contributed by atoms with van der Waals surface area (Å²) in [6.07, 6.45) is 2.13. The Morgan fingerprint density at radius 2 is 2.00 bits per heavy atom. The lowest BCUT2D eigenvalue weighted by Gasteiger charge is -2.29. The minimum atomic E-state index is -0.178. The smallest absolute Gasteiger partial charge is 0.224 e. The highest BCUT2D eigenvalue weighted by Crippen LogP contribution is 2.24. The van der Waals surface area contributed by atoms with Gasteiger partial charge < -0.3 is 10.4 Å². The second kappa shape index (κ2) is 7.29. The van der Waals surface area contributed by atoms with E-state index in [-0.39, 0.29) is 17.9 Å². The van der Waals surface area contributed by atoms with E-state index in [9.17, 15) is 9.90 Å². The molecule has 1 aromatic carbocycles. The molecule has 0 atom stereocenters. The maximum absolute atomic E-state index is 11.9. The van der Waals surface area contributed by atoms with Crippen molar-refractivity contribution in [3.63, 3.8) is 0 Å². The average Bonchev–Trinajstić information content (AvgIpc) is 2.41. The Bertz CT molecular complexity index is 403. The van der Waals surface area contributed by atoms with E-state index in [4.69, 9.17) is 0 Å². The third kappa shape index (κ3) is 4.67. The van der Waals surface area contributed by atoms with Gasteiger partial charge in [0.05, 0.1) is 13.0 Å². The van der Waals surface area contributed by atoms with Gasteiger partial charge in [0.15, 0.2) is 0 Å². The molecule has 0 saturated carbocycles. The molecule has 0 spiro atoms. The van der Waals surface area contributed by atoms with E-state index in [0.29, 0.717) is 13.0 Å². The maximum Gasteiger partial charge on any atom is 0.224 e. The Kier molecular flexibility index (Phi) is 6.03. The van der Waals surface area contributed by atoms with Crippen molar-refractivity contribution >= 4 is 5.91 Å². The molecule has 106 valence electrons. The van der Waals surface area contributed by atoms with Crippen molar-refractivity contribution in [1.82, 2.24) is 5.32 Å². The number of aliphatic hydroxyl groups excluding tert-OH is 1. The molecule has 0 aromatic heterocycles. The summed E-state index contributed by atoms with van der Waals surface area (Å²) in [5.74, 6) is 0.0188. The van der Waals surface area contributed by atoms with Gasteiger partial charge in [-0.25, -0.2) is 0 Å². The Labute approximate surface area is 116 Å². The van der Waals surface area contributed by atoms with Crippen LogP contribution >= 0.6 is 0 Å². The summed E-state index contributed by atoms with van der Waals surface area (Å²) in [4.78, 5) is 11.9. The first-order valence-electron chi connectivity index (χ1n) is 6.98. The van der Waals surface area contributed by atoms with E-state index >= 15 is 0 Å². The Morgan fingerprint density at radius 3 is 2.53 bits per heavy atom. The van der Waals surface area contributed by atoms with Gasteiger partial charge in [-0.3, -0.25) is 4.79 Å². The van der Waals surface area contributed by atoms with E-state index in [1.165, 1.54) is 0 Å². The largest absolute Gasteiger partial charge is 0.396 e. The van der Waals surface area contributed by atoms with Crippen molar-refractivity contribution in [2.45, 2.75) is 40.0 Å². The molecule has 0 unspecified atom stereocenters. The molecular weight excluding hydrogens is 238 g/mol. The fourth-order valence-corrected chi connectivity index (χ4v) is 2.14. The zero-order valence-electron chi connectivity index (χ0n) is 12.2. The molecule has 3 heteroatoms. The van der Waals surface area contributed by atoms with Crippen molar-refractivity contribution in [2.75, 3.05) is 13.2 Å². The van der Waals surface area contributed by atoms with Gasteiger partial charge in [0, 0.05) is 12.0 Å². The lowest BCUT2D eigenvalue weighted by atomic mass is 9.83. The van der Waals surface area contributed by atoms with E-state index in [1.807, 2.05) is 45.0 Å². The van der Waals surface area contributed by atoms with Crippen LogP contribution in [0.3, 0.4) is 0 Å². The van der Waals surface area contributed by atoms with Gasteiger partial charge in [-0.05, 0) is 25.3 Å². The van der Waals surface area contributed by atoms with Gasteiger partial charge in [-0.2, -0.15) is 0 Å². The zero-order valence-corrected chi connectivity index (χ0v) is 12.2. The molecule has 2 N–H and O–H groups in total. The van der Waals surface area contributed by atoms with E-state index in [0.717, 1.165) is 24.0 Å².